The van der Waals surface area contributed by atoms with E-state index in [1.165, 1.54) is 212 Å². The third kappa shape index (κ3) is 82.8. The first-order valence-corrected chi connectivity index (χ1v) is 43.1. The molecule has 2 atom stereocenters. The maximum absolute atomic E-state index is 12.9. The van der Waals surface area contributed by atoms with Gasteiger partial charge < -0.3 is 18.9 Å². The van der Waals surface area contributed by atoms with Gasteiger partial charge in [-0.1, -0.05) is 372 Å². The molecule has 0 fully saturated rings. The van der Waals surface area contributed by atoms with Crippen molar-refractivity contribution in [2.75, 3.05) is 47.5 Å². The molecule has 0 heterocycles. The predicted octanol–water partition coefficient (Wildman–Crippen LogP) is 28.1. The van der Waals surface area contributed by atoms with Crippen LogP contribution in [0.3, 0.4) is 0 Å². The van der Waals surface area contributed by atoms with Crippen molar-refractivity contribution >= 4 is 19.8 Å². The minimum absolute atomic E-state index is 0.0207. The molecule has 0 aromatic rings. The number of ether oxygens (including phenoxy) is 2. The molecule has 0 rings (SSSR count). The lowest BCUT2D eigenvalue weighted by molar-refractivity contribution is -0.870. The van der Waals surface area contributed by atoms with Gasteiger partial charge in [0.25, 0.3) is 0 Å². The van der Waals surface area contributed by atoms with Crippen molar-refractivity contribution in [1.29, 1.82) is 0 Å². The van der Waals surface area contributed by atoms with Crippen LogP contribution in [0.5, 0.6) is 0 Å². The van der Waals surface area contributed by atoms with Gasteiger partial charge in [-0.2, -0.15) is 0 Å². The molecule has 10 heteroatoms. The summed E-state index contributed by atoms with van der Waals surface area (Å²) in [4.78, 5) is 36.0. The molecule has 0 spiro atoms. The summed E-state index contributed by atoms with van der Waals surface area (Å²) in [6.07, 6.45) is 117. The zero-order valence-corrected chi connectivity index (χ0v) is 66.5. The van der Waals surface area contributed by atoms with Crippen molar-refractivity contribution in [3.63, 3.8) is 0 Å². The van der Waals surface area contributed by atoms with E-state index in [0.717, 1.165) is 116 Å². The number of nitrogens with zero attached hydrogens (tertiary/aromatic N) is 1. The molecule has 0 amide bonds. The molecule has 1 N–H and O–H groups in total. The van der Waals surface area contributed by atoms with E-state index < -0.39 is 26.5 Å². The summed E-state index contributed by atoms with van der Waals surface area (Å²) >= 11 is 0. The van der Waals surface area contributed by atoms with Crippen LogP contribution in [0, 0.1) is 0 Å². The van der Waals surface area contributed by atoms with Crippen LogP contribution >= 0.6 is 7.82 Å². The first-order chi connectivity index (χ1) is 49.0. The summed E-state index contributed by atoms with van der Waals surface area (Å²) in [7, 11) is 1.45. The van der Waals surface area contributed by atoms with Gasteiger partial charge in [-0.15, -0.1) is 0 Å². The Hall–Kier alpha value is -4.11. The van der Waals surface area contributed by atoms with E-state index in [1.54, 1.807) is 0 Å². The van der Waals surface area contributed by atoms with Gasteiger partial charge in [-0.25, -0.2) is 4.57 Å². The van der Waals surface area contributed by atoms with Gasteiger partial charge in [0, 0.05) is 12.8 Å². The van der Waals surface area contributed by atoms with E-state index in [9.17, 15) is 19.0 Å². The van der Waals surface area contributed by atoms with Crippen LogP contribution in [-0.4, -0.2) is 74.9 Å². The molecule has 0 radical (unpaired) electrons. The molecular formula is C90H157NO8P+. The number of unbranched alkanes of at least 4 members (excludes halogenated alkanes) is 38. The number of likely N-dealkylation sites (N-methyl/N-ethyl adjacent to an activating group) is 1. The smallest absolute Gasteiger partial charge is 0.462 e. The fourth-order valence-corrected chi connectivity index (χ4v) is 12.3. The standard InChI is InChI=1S/C90H156NO8P/c1-6-8-10-12-14-16-18-20-22-24-26-28-30-32-34-36-38-40-42-43-44-45-46-47-49-50-52-54-56-58-60-62-64-66-68-70-72-74-76-78-80-82-89(92)96-86-88(87-98-100(94,95)97-85-84-91(3,4)5)99-90(93)83-81-79-77-75-73-71-69-67-65-63-61-59-57-55-53-51-48-41-39-37-35-33-31-29-27-25-23-21-19-17-15-13-11-9-7-2/h9,11,15,17-18,20-21,23-24,26-27,29,33,35,39,41,51,53,57,59,63,65,69,71,88H,6-8,10,12-14,16,19,22,25,28,30-32,34,36-38,40,42-50,52,54-56,58,60-62,64,66-68,70,72-87H2,1-5H3/p+1/b11-9-,17-15-,20-18-,23-21-,26-24-,29-27-,35-33-,41-39-,53-51-,59-57-,65-63-,71-69-. The molecule has 0 aliphatic rings. The number of phosphoric ester groups is 1. The van der Waals surface area contributed by atoms with Crippen LogP contribution < -0.4 is 0 Å². The average molecular weight is 1410 g/mol. The van der Waals surface area contributed by atoms with Gasteiger partial charge >= 0.3 is 19.8 Å². The lowest BCUT2D eigenvalue weighted by Crippen LogP contribution is -2.37. The van der Waals surface area contributed by atoms with Gasteiger partial charge in [0.05, 0.1) is 27.7 Å². The van der Waals surface area contributed by atoms with Crippen LogP contribution in [0.1, 0.15) is 361 Å². The van der Waals surface area contributed by atoms with Crippen LogP contribution in [0.25, 0.3) is 0 Å². The van der Waals surface area contributed by atoms with Gasteiger partial charge in [0.15, 0.2) is 6.10 Å². The molecule has 2 unspecified atom stereocenters. The summed E-state index contributed by atoms with van der Waals surface area (Å²) in [6.45, 7) is 4.30. The topological polar surface area (TPSA) is 108 Å². The number of hydrogen-bond acceptors (Lipinski definition) is 7. The Bertz CT molecular complexity index is 2210. The average Bonchev–Trinajstić information content (AvgIpc) is 1.65. The zero-order chi connectivity index (χ0) is 72.5. The first kappa shape index (κ1) is 95.9. The Labute approximate surface area is 618 Å². The Morgan fingerprint density at radius 1 is 0.320 bits per heavy atom. The van der Waals surface area contributed by atoms with Crippen LogP contribution in [-0.2, 0) is 32.7 Å². The second-order valence-electron chi connectivity index (χ2n) is 28.8. The van der Waals surface area contributed by atoms with Crippen molar-refractivity contribution in [1.82, 2.24) is 0 Å². The van der Waals surface area contributed by atoms with E-state index >= 15 is 0 Å². The van der Waals surface area contributed by atoms with E-state index in [2.05, 4.69) is 160 Å². The predicted molar refractivity (Wildman–Crippen MR) is 436 cm³/mol. The summed E-state index contributed by atoms with van der Waals surface area (Å²) < 4.78 is 34.8. The minimum atomic E-state index is -4.41. The SMILES string of the molecule is CC/C=C\C/C=C\C/C=C\C/C=C\C/C=C\C/C=C\C/C=C\C/C=C\C/C=C\C/C=C\CCCCCCC(=O)OC(COC(=O)CCCCCCCCCCCCCCCCCCCCCCCCCCCCCCC/C=C\C/C=C\CCCCCCC)COP(=O)(O)OCC[N+](C)(C)C. The Balaban J connectivity index is 4.00. The van der Waals surface area contributed by atoms with Gasteiger partial charge in [-0.3, -0.25) is 18.6 Å². The Morgan fingerprint density at radius 3 is 0.850 bits per heavy atom. The Kier molecular flexibility index (Phi) is 75.8. The number of rotatable bonds is 76. The summed E-state index contributed by atoms with van der Waals surface area (Å²) in [5.74, 6) is -0.822. The van der Waals surface area contributed by atoms with E-state index in [4.69, 9.17) is 18.5 Å². The monoisotopic (exact) mass is 1410 g/mol. The van der Waals surface area contributed by atoms with E-state index in [-0.39, 0.29) is 32.0 Å². The summed E-state index contributed by atoms with van der Waals surface area (Å²) in [5, 5.41) is 0. The molecule has 0 saturated carbocycles. The lowest BCUT2D eigenvalue weighted by Gasteiger charge is -2.24. The first-order valence-electron chi connectivity index (χ1n) is 41.6. The summed E-state index contributed by atoms with van der Waals surface area (Å²) in [6, 6.07) is 0. The molecule has 100 heavy (non-hydrogen) atoms. The quantitative estimate of drug-likeness (QED) is 0.0211. The number of carbonyl (C=O) groups is 2. The highest BCUT2D eigenvalue weighted by Crippen LogP contribution is 2.43. The van der Waals surface area contributed by atoms with E-state index in [1.807, 2.05) is 21.1 Å². The van der Waals surface area contributed by atoms with Crippen LogP contribution in [0.15, 0.2) is 146 Å². The summed E-state index contributed by atoms with van der Waals surface area (Å²) in [5.41, 5.74) is 0. The fourth-order valence-electron chi connectivity index (χ4n) is 11.5. The van der Waals surface area contributed by atoms with Gasteiger partial charge in [-0.05, 0) is 122 Å². The molecule has 0 bridgehead atoms. The highest BCUT2D eigenvalue weighted by atomic mass is 31.2. The van der Waals surface area contributed by atoms with Crippen LogP contribution in [0.4, 0.5) is 0 Å². The maximum atomic E-state index is 12.9. The van der Waals surface area contributed by atoms with Crippen molar-refractivity contribution in [3.8, 4) is 0 Å². The fraction of sp³-hybridized carbons (Fsp3) is 0.711. The largest absolute Gasteiger partial charge is 0.472 e. The third-order valence-electron chi connectivity index (χ3n) is 17.9. The highest BCUT2D eigenvalue weighted by Gasteiger charge is 2.27. The number of allylic oxidation sites excluding steroid dienone is 24. The molecule has 0 aliphatic carbocycles. The van der Waals surface area contributed by atoms with Crippen molar-refractivity contribution in [2.45, 2.75) is 367 Å². The minimum Gasteiger partial charge on any atom is -0.462 e. The molecule has 574 valence electrons. The maximum Gasteiger partial charge on any atom is 0.472 e. The molecule has 0 aromatic heterocycles. The molecule has 0 aliphatic heterocycles. The van der Waals surface area contributed by atoms with Crippen molar-refractivity contribution < 1.29 is 42.1 Å². The number of hydrogen-bond donors (Lipinski definition) is 1. The highest BCUT2D eigenvalue weighted by molar-refractivity contribution is 7.47. The van der Waals surface area contributed by atoms with E-state index in [0.29, 0.717) is 17.4 Å². The Morgan fingerprint density at radius 2 is 0.570 bits per heavy atom. The number of quaternary nitrogens is 1. The molecule has 0 saturated heterocycles. The number of carbonyl (C=O) groups excluding carboxylic acids is 2. The lowest BCUT2D eigenvalue weighted by atomic mass is 10.0. The van der Waals surface area contributed by atoms with Crippen molar-refractivity contribution in [2.24, 2.45) is 0 Å². The second kappa shape index (κ2) is 79.0. The van der Waals surface area contributed by atoms with Gasteiger partial charge in [0.2, 0.25) is 0 Å². The van der Waals surface area contributed by atoms with Crippen molar-refractivity contribution in [3.05, 3.63) is 146 Å². The molecule has 9 nitrogen and oxygen atoms in total. The third-order valence-corrected chi connectivity index (χ3v) is 18.8. The normalized spacial score (nSPS) is 13.8. The number of phosphoric acid groups is 1. The van der Waals surface area contributed by atoms with Gasteiger partial charge in [0.1, 0.15) is 19.8 Å². The number of esters is 2. The van der Waals surface area contributed by atoms with Crippen LogP contribution in [0.2, 0.25) is 0 Å². The molecular weight excluding hydrogens is 1250 g/mol. The molecule has 0 aromatic carbocycles. The second-order valence-corrected chi connectivity index (χ2v) is 30.2. The zero-order valence-electron chi connectivity index (χ0n) is 65.6.